The minimum atomic E-state index is -4.09. The summed E-state index contributed by atoms with van der Waals surface area (Å²) >= 11 is 0. The van der Waals surface area contributed by atoms with E-state index in [1.165, 1.54) is 25.5 Å². The Kier molecular flexibility index (Phi) is 8.86. The first kappa shape index (κ1) is 26.5. The Morgan fingerprint density at radius 2 is 1.78 bits per heavy atom. The van der Waals surface area contributed by atoms with Gasteiger partial charge in [-0.15, -0.1) is 0 Å². The smallest absolute Gasteiger partial charge is 0.264 e. The number of nitrogens with zero attached hydrogens (tertiary/aromatic N) is 2. The Bertz CT molecular complexity index is 1350. The lowest BCUT2D eigenvalue weighted by Crippen LogP contribution is -2.39. The molecule has 0 spiro atoms. The third kappa shape index (κ3) is 6.73. The van der Waals surface area contributed by atoms with Gasteiger partial charge < -0.3 is 9.47 Å². The summed E-state index contributed by atoms with van der Waals surface area (Å²) in [5.41, 5.74) is 5.08. The van der Waals surface area contributed by atoms with Crippen molar-refractivity contribution in [2.45, 2.75) is 18.7 Å². The van der Waals surface area contributed by atoms with Crippen LogP contribution in [-0.4, -0.2) is 40.8 Å². The molecule has 1 N–H and O–H groups in total. The Morgan fingerprint density at radius 3 is 2.47 bits per heavy atom. The van der Waals surface area contributed by atoms with E-state index in [9.17, 15) is 13.2 Å². The number of amides is 1. The maximum Gasteiger partial charge on any atom is 0.264 e. The summed E-state index contributed by atoms with van der Waals surface area (Å²) < 4.78 is 39.1. The van der Waals surface area contributed by atoms with E-state index in [-0.39, 0.29) is 10.6 Å². The number of methoxy groups -OCH3 is 1. The van der Waals surface area contributed by atoms with Crippen molar-refractivity contribution in [3.8, 4) is 11.5 Å². The molecular weight excluding hydrogens is 478 g/mol. The SMILES string of the molecule is C=CCOc1cccc(/C=N\NC(=O)CN(c2cc(C)ccc2OC)S(=O)(=O)c2ccc(C)cc2)c1. The third-order valence-electron chi connectivity index (χ3n) is 5.13. The highest BCUT2D eigenvalue weighted by molar-refractivity contribution is 7.92. The molecule has 3 rings (SSSR count). The van der Waals surface area contributed by atoms with Gasteiger partial charge in [0, 0.05) is 0 Å². The fraction of sp³-hybridized carbons (Fsp3) is 0.185. The van der Waals surface area contributed by atoms with Crippen LogP contribution in [0.15, 0.2) is 89.4 Å². The molecule has 0 aliphatic rings. The summed E-state index contributed by atoms with van der Waals surface area (Å²) in [7, 11) is -2.64. The number of sulfonamides is 1. The van der Waals surface area contributed by atoms with Crippen molar-refractivity contribution in [2.24, 2.45) is 5.10 Å². The molecule has 0 saturated heterocycles. The number of hydrazone groups is 1. The predicted molar refractivity (Wildman–Crippen MR) is 141 cm³/mol. The third-order valence-corrected chi connectivity index (χ3v) is 6.90. The molecule has 188 valence electrons. The number of hydrogen-bond acceptors (Lipinski definition) is 6. The number of carbonyl (C=O) groups is 1. The van der Waals surface area contributed by atoms with Crippen LogP contribution in [0.3, 0.4) is 0 Å². The molecule has 0 saturated carbocycles. The molecule has 8 nitrogen and oxygen atoms in total. The van der Waals surface area contributed by atoms with Gasteiger partial charge in [0.25, 0.3) is 15.9 Å². The number of aryl methyl sites for hydroxylation is 2. The van der Waals surface area contributed by atoms with Gasteiger partial charge in [-0.05, 0) is 61.4 Å². The Labute approximate surface area is 211 Å². The maximum absolute atomic E-state index is 13.6. The topological polar surface area (TPSA) is 97.3 Å². The molecule has 0 aromatic heterocycles. The number of rotatable bonds is 11. The van der Waals surface area contributed by atoms with Crippen molar-refractivity contribution >= 4 is 27.8 Å². The summed E-state index contributed by atoms with van der Waals surface area (Å²) in [4.78, 5) is 12.9. The molecule has 9 heteroatoms. The van der Waals surface area contributed by atoms with E-state index in [0.717, 1.165) is 15.4 Å². The van der Waals surface area contributed by atoms with Gasteiger partial charge in [-0.25, -0.2) is 13.8 Å². The minimum absolute atomic E-state index is 0.0595. The number of benzene rings is 3. The highest BCUT2D eigenvalue weighted by Gasteiger charge is 2.29. The van der Waals surface area contributed by atoms with Gasteiger partial charge in [-0.3, -0.25) is 9.10 Å². The van der Waals surface area contributed by atoms with Crippen LogP contribution in [0.25, 0.3) is 0 Å². The normalized spacial score (nSPS) is 11.2. The van der Waals surface area contributed by atoms with E-state index < -0.39 is 22.5 Å². The molecule has 36 heavy (non-hydrogen) atoms. The summed E-state index contributed by atoms with van der Waals surface area (Å²) in [5.74, 6) is 0.334. The van der Waals surface area contributed by atoms with Crippen LogP contribution in [-0.2, 0) is 14.8 Å². The highest BCUT2D eigenvalue weighted by Crippen LogP contribution is 2.33. The van der Waals surface area contributed by atoms with E-state index in [0.29, 0.717) is 23.7 Å². The molecule has 0 aliphatic heterocycles. The fourth-order valence-electron chi connectivity index (χ4n) is 3.32. The second-order valence-electron chi connectivity index (χ2n) is 7.97. The average molecular weight is 508 g/mol. The predicted octanol–water partition coefficient (Wildman–Crippen LogP) is 4.22. The average Bonchev–Trinajstić information content (AvgIpc) is 2.86. The van der Waals surface area contributed by atoms with E-state index in [1.54, 1.807) is 60.7 Å². The molecule has 1 amide bonds. The summed E-state index contributed by atoms with van der Waals surface area (Å²) in [5, 5.41) is 3.98. The van der Waals surface area contributed by atoms with Gasteiger partial charge in [-0.2, -0.15) is 5.10 Å². The molecular formula is C27H29N3O5S. The van der Waals surface area contributed by atoms with Gasteiger partial charge in [0.15, 0.2) is 0 Å². The molecule has 0 fully saturated rings. The van der Waals surface area contributed by atoms with Crippen LogP contribution >= 0.6 is 0 Å². The fourth-order valence-corrected chi connectivity index (χ4v) is 4.74. The van der Waals surface area contributed by atoms with Gasteiger partial charge in [0.2, 0.25) is 0 Å². The molecule has 0 heterocycles. The number of nitrogens with one attached hydrogen (secondary N) is 1. The van der Waals surface area contributed by atoms with Crippen LogP contribution in [0.4, 0.5) is 5.69 Å². The molecule has 0 unspecified atom stereocenters. The highest BCUT2D eigenvalue weighted by atomic mass is 32.2. The quantitative estimate of drug-likeness (QED) is 0.238. The first-order valence-corrected chi connectivity index (χ1v) is 12.6. The van der Waals surface area contributed by atoms with Crippen molar-refractivity contribution in [1.82, 2.24) is 5.43 Å². The number of hydrogen-bond donors (Lipinski definition) is 1. The van der Waals surface area contributed by atoms with Gasteiger partial charge in [0.05, 0.1) is 23.9 Å². The minimum Gasteiger partial charge on any atom is -0.495 e. The Balaban J connectivity index is 1.86. The number of carbonyl (C=O) groups excluding carboxylic acids is 1. The number of anilines is 1. The molecule has 0 radical (unpaired) electrons. The van der Waals surface area contributed by atoms with Crippen LogP contribution in [0.2, 0.25) is 0 Å². The van der Waals surface area contributed by atoms with Crippen molar-refractivity contribution in [1.29, 1.82) is 0 Å². The largest absolute Gasteiger partial charge is 0.495 e. The molecule has 0 bridgehead atoms. The van der Waals surface area contributed by atoms with Crippen LogP contribution in [0.5, 0.6) is 11.5 Å². The van der Waals surface area contributed by atoms with Crippen molar-refractivity contribution in [2.75, 3.05) is 24.6 Å². The van der Waals surface area contributed by atoms with Gasteiger partial charge >= 0.3 is 0 Å². The molecule has 3 aromatic carbocycles. The summed E-state index contributed by atoms with van der Waals surface area (Å²) in [6.45, 7) is 7.17. The number of ether oxygens (including phenoxy) is 2. The maximum atomic E-state index is 13.6. The van der Waals surface area contributed by atoms with E-state index in [1.807, 2.05) is 13.8 Å². The summed E-state index contributed by atoms with van der Waals surface area (Å²) in [6.07, 6.45) is 3.09. The first-order valence-electron chi connectivity index (χ1n) is 11.1. The standard InChI is InChI=1S/C27H29N3O5S/c1-5-15-35-23-8-6-7-22(17-23)18-28-29-27(31)19-30(25-16-21(3)11-14-26(25)34-4)36(32,33)24-12-9-20(2)10-13-24/h5-14,16-18H,1,15,19H2,2-4H3,(H,29,31)/b28-18-. The van der Waals surface area contributed by atoms with Crippen molar-refractivity contribution in [3.05, 3.63) is 96.1 Å². The van der Waals surface area contributed by atoms with Crippen LogP contribution in [0.1, 0.15) is 16.7 Å². The first-order chi connectivity index (χ1) is 17.2. The second-order valence-corrected chi connectivity index (χ2v) is 9.83. The second kappa shape index (κ2) is 12.0. The Morgan fingerprint density at radius 1 is 1.06 bits per heavy atom. The molecule has 0 atom stereocenters. The van der Waals surface area contributed by atoms with Crippen LogP contribution < -0.4 is 19.2 Å². The zero-order chi connectivity index (χ0) is 26.1. The summed E-state index contributed by atoms with van der Waals surface area (Å²) in [6, 6.07) is 18.7. The molecule has 0 aliphatic carbocycles. The zero-order valence-electron chi connectivity index (χ0n) is 20.5. The van der Waals surface area contributed by atoms with E-state index >= 15 is 0 Å². The van der Waals surface area contributed by atoms with E-state index in [2.05, 4.69) is 17.1 Å². The molecule has 3 aromatic rings. The van der Waals surface area contributed by atoms with E-state index in [4.69, 9.17) is 9.47 Å². The van der Waals surface area contributed by atoms with Crippen LogP contribution in [0, 0.1) is 13.8 Å². The lowest BCUT2D eigenvalue weighted by atomic mass is 10.2. The van der Waals surface area contributed by atoms with Crippen molar-refractivity contribution in [3.63, 3.8) is 0 Å². The van der Waals surface area contributed by atoms with Gasteiger partial charge in [-0.1, -0.05) is 48.6 Å². The van der Waals surface area contributed by atoms with Crippen molar-refractivity contribution < 1.29 is 22.7 Å². The lowest BCUT2D eigenvalue weighted by molar-refractivity contribution is -0.119. The zero-order valence-corrected chi connectivity index (χ0v) is 21.3. The van der Waals surface area contributed by atoms with Gasteiger partial charge in [0.1, 0.15) is 24.7 Å². The Hall–Kier alpha value is -4.11. The monoisotopic (exact) mass is 507 g/mol. The lowest BCUT2D eigenvalue weighted by Gasteiger charge is -2.25.